The monoisotopic (exact) mass is 354 g/mol. The summed E-state index contributed by atoms with van der Waals surface area (Å²) in [5, 5.41) is 3.09. The normalized spacial score (nSPS) is 10.8. The minimum absolute atomic E-state index is 0.186. The fourth-order valence-corrected chi connectivity index (χ4v) is 2.99. The van der Waals surface area contributed by atoms with Gasteiger partial charge in [0.1, 0.15) is 5.75 Å². The standard InChI is InChI=1S/C22H30N2O2/c1-17(2)24(22(25)10-7-15-23-3)16-18-11-13-19(14-12-18)20-8-5-6-9-21(20)26-4/h5-6,8-9,11-14,17,23H,7,10,15-16H2,1-4H3. The third-order valence-electron chi connectivity index (χ3n) is 4.49. The van der Waals surface area contributed by atoms with Crippen molar-refractivity contribution in [2.45, 2.75) is 39.3 Å². The summed E-state index contributed by atoms with van der Waals surface area (Å²) in [6, 6.07) is 16.6. The van der Waals surface area contributed by atoms with Crippen molar-refractivity contribution in [3.05, 3.63) is 54.1 Å². The van der Waals surface area contributed by atoms with Crippen LogP contribution >= 0.6 is 0 Å². The van der Waals surface area contributed by atoms with E-state index in [9.17, 15) is 4.79 Å². The van der Waals surface area contributed by atoms with E-state index < -0.39 is 0 Å². The van der Waals surface area contributed by atoms with Crippen molar-refractivity contribution in [1.82, 2.24) is 10.2 Å². The number of nitrogens with zero attached hydrogens (tertiary/aromatic N) is 1. The van der Waals surface area contributed by atoms with Crippen LogP contribution in [0.3, 0.4) is 0 Å². The Balaban J connectivity index is 2.10. The number of carbonyl (C=O) groups is 1. The molecular weight excluding hydrogens is 324 g/mol. The molecule has 0 aliphatic rings. The number of methoxy groups -OCH3 is 1. The number of carbonyl (C=O) groups excluding carboxylic acids is 1. The molecule has 4 heteroatoms. The number of benzene rings is 2. The predicted octanol–water partition coefficient (Wildman–Crippen LogP) is 4.10. The molecule has 4 nitrogen and oxygen atoms in total. The zero-order valence-electron chi connectivity index (χ0n) is 16.3. The van der Waals surface area contributed by atoms with Gasteiger partial charge in [0.2, 0.25) is 5.91 Å². The van der Waals surface area contributed by atoms with Crippen molar-refractivity contribution < 1.29 is 9.53 Å². The second kappa shape index (κ2) is 9.97. The van der Waals surface area contributed by atoms with Crippen molar-refractivity contribution in [3.8, 4) is 16.9 Å². The molecule has 2 aromatic carbocycles. The molecule has 2 rings (SSSR count). The summed E-state index contributed by atoms with van der Waals surface area (Å²) in [5.74, 6) is 1.08. The predicted molar refractivity (Wildman–Crippen MR) is 107 cm³/mol. The molecule has 26 heavy (non-hydrogen) atoms. The molecule has 0 bridgehead atoms. The van der Waals surface area contributed by atoms with E-state index in [-0.39, 0.29) is 11.9 Å². The minimum atomic E-state index is 0.186. The van der Waals surface area contributed by atoms with Gasteiger partial charge in [-0.05, 0) is 51.1 Å². The van der Waals surface area contributed by atoms with E-state index in [2.05, 4.69) is 49.5 Å². The van der Waals surface area contributed by atoms with Crippen molar-refractivity contribution in [2.75, 3.05) is 20.7 Å². The molecular formula is C22H30N2O2. The molecule has 0 aliphatic heterocycles. The van der Waals surface area contributed by atoms with E-state index >= 15 is 0 Å². The molecule has 0 saturated carbocycles. The molecule has 0 spiro atoms. The quantitative estimate of drug-likeness (QED) is 0.689. The lowest BCUT2D eigenvalue weighted by Crippen LogP contribution is -2.36. The second-order valence-corrected chi connectivity index (χ2v) is 6.72. The Morgan fingerprint density at radius 3 is 2.42 bits per heavy atom. The molecule has 0 saturated heterocycles. The first-order chi connectivity index (χ1) is 12.6. The fraction of sp³-hybridized carbons (Fsp3) is 0.409. The van der Waals surface area contributed by atoms with Gasteiger partial charge >= 0.3 is 0 Å². The van der Waals surface area contributed by atoms with Crippen LogP contribution in [0.5, 0.6) is 5.75 Å². The van der Waals surface area contributed by atoms with E-state index in [1.807, 2.05) is 30.1 Å². The smallest absolute Gasteiger partial charge is 0.223 e. The van der Waals surface area contributed by atoms with Crippen LogP contribution in [-0.4, -0.2) is 37.6 Å². The number of hydrogen-bond acceptors (Lipinski definition) is 3. The number of nitrogens with one attached hydrogen (secondary N) is 1. The molecule has 1 amide bonds. The van der Waals surface area contributed by atoms with Crippen LogP contribution in [0.25, 0.3) is 11.1 Å². The van der Waals surface area contributed by atoms with Crippen LogP contribution in [0.1, 0.15) is 32.3 Å². The average molecular weight is 354 g/mol. The molecule has 0 aromatic heterocycles. The van der Waals surface area contributed by atoms with Gasteiger partial charge in [0, 0.05) is 24.6 Å². The lowest BCUT2D eigenvalue weighted by Gasteiger charge is -2.27. The number of ether oxygens (including phenoxy) is 1. The Kier molecular flexibility index (Phi) is 7.67. The highest BCUT2D eigenvalue weighted by Crippen LogP contribution is 2.29. The van der Waals surface area contributed by atoms with Gasteiger partial charge in [-0.25, -0.2) is 0 Å². The van der Waals surface area contributed by atoms with Crippen LogP contribution in [0.15, 0.2) is 48.5 Å². The van der Waals surface area contributed by atoms with Crippen LogP contribution in [0.2, 0.25) is 0 Å². The summed E-state index contributed by atoms with van der Waals surface area (Å²) < 4.78 is 5.45. The maximum absolute atomic E-state index is 12.5. The summed E-state index contributed by atoms with van der Waals surface area (Å²) in [7, 11) is 3.60. The zero-order chi connectivity index (χ0) is 18.9. The van der Waals surface area contributed by atoms with Crippen LogP contribution in [-0.2, 0) is 11.3 Å². The number of para-hydroxylation sites is 1. The second-order valence-electron chi connectivity index (χ2n) is 6.72. The first-order valence-corrected chi connectivity index (χ1v) is 9.23. The minimum Gasteiger partial charge on any atom is -0.496 e. The molecule has 0 aliphatic carbocycles. The molecule has 2 aromatic rings. The highest BCUT2D eigenvalue weighted by Gasteiger charge is 2.17. The summed E-state index contributed by atoms with van der Waals surface area (Å²) >= 11 is 0. The first-order valence-electron chi connectivity index (χ1n) is 9.23. The van der Waals surface area contributed by atoms with Gasteiger partial charge in [-0.15, -0.1) is 0 Å². The van der Waals surface area contributed by atoms with Gasteiger partial charge in [0.15, 0.2) is 0 Å². The highest BCUT2D eigenvalue weighted by atomic mass is 16.5. The summed E-state index contributed by atoms with van der Waals surface area (Å²) in [6.07, 6.45) is 1.45. The van der Waals surface area contributed by atoms with E-state index in [4.69, 9.17) is 4.74 Å². The number of hydrogen-bond donors (Lipinski definition) is 1. The topological polar surface area (TPSA) is 41.6 Å². The van der Waals surface area contributed by atoms with Gasteiger partial charge in [-0.3, -0.25) is 4.79 Å². The zero-order valence-corrected chi connectivity index (χ0v) is 16.3. The van der Waals surface area contributed by atoms with Crippen molar-refractivity contribution in [1.29, 1.82) is 0 Å². The molecule has 0 heterocycles. The van der Waals surface area contributed by atoms with E-state index in [1.54, 1.807) is 7.11 Å². The molecule has 1 N–H and O–H groups in total. The Morgan fingerprint density at radius 2 is 1.81 bits per heavy atom. The molecule has 0 radical (unpaired) electrons. The van der Waals surface area contributed by atoms with Crippen LogP contribution in [0.4, 0.5) is 0 Å². The number of rotatable bonds is 9. The van der Waals surface area contributed by atoms with Crippen molar-refractivity contribution >= 4 is 5.91 Å². The van der Waals surface area contributed by atoms with Crippen molar-refractivity contribution in [3.63, 3.8) is 0 Å². The fourth-order valence-electron chi connectivity index (χ4n) is 2.99. The van der Waals surface area contributed by atoms with Crippen molar-refractivity contribution in [2.24, 2.45) is 0 Å². The van der Waals surface area contributed by atoms with Crippen LogP contribution in [0, 0.1) is 0 Å². The Labute approximate surface area is 157 Å². The first kappa shape index (κ1) is 20.0. The summed E-state index contributed by atoms with van der Waals surface area (Å²) in [5.41, 5.74) is 3.33. The van der Waals surface area contributed by atoms with Gasteiger partial charge in [0.05, 0.1) is 7.11 Å². The number of amides is 1. The van der Waals surface area contributed by atoms with Crippen LogP contribution < -0.4 is 10.1 Å². The van der Waals surface area contributed by atoms with E-state index in [1.165, 1.54) is 0 Å². The Bertz CT molecular complexity index is 696. The SMILES string of the molecule is CNCCCC(=O)N(Cc1ccc(-c2ccccc2OC)cc1)C(C)C. The lowest BCUT2D eigenvalue weighted by atomic mass is 10.0. The van der Waals surface area contributed by atoms with Gasteiger partial charge in [0.25, 0.3) is 0 Å². The summed E-state index contributed by atoms with van der Waals surface area (Å²) in [6.45, 7) is 5.64. The average Bonchev–Trinajstić information content (AvgIpc) is 2.66. The highest BCUT2D eigenvalue weighted by molar-refractivity contribution is 5.76. The maximum atomic E-state index is 12.5. The van der Waals surface area contributed by atoms with Gasteiger partial charge in [-0.1, -0.05) is 42.5 Å². The Morgan fingerprint density at radius 1 is 1.12 bits per heavy atom. The van der Waals surface area contributed by atoms with Gasteiger partial charge < -0.3 is 15.0 Å². The van der Waals surface area contributed by atoms with E-state index in [0.717, 1.165) is 35.4 Å². The molecule has 0 atom stereocenters. The molecule has 0 fully saturated rings. The molecule has 140 valence electrons. The molecule has 0 unspecified atom stereocenters. The summed E-state index contributed by atoms with van der Waals surface area (Å²) in [4.78, 5) is 14.5. The third kappa shape index (κ3) is 5.33. The maximum Gasteiger partial charge on any atom is 0.223 e. The third-order valence-corrected chi connectivity index (χ3v) is 4.49. The van der Waals surface area contributed by atoms with E-state index in [0.29, 0.717) is 13.0 Å². The Hall–Kier alpha value is -2.33. The van der Waals surface area contributed by atoms with Gasteiger partial charge in [-0.2, -0.15) is 0 Å². The lowest BCUT2D eigenvalue weighted by molar-refractivity contribution is -0.133. The largest absolute Gasteiger partial charge is 0.496 e.